The Morgan fingerprint density at radius 1 is 1.06 bits per heavy atom. The van der Waals surface area contributed by atoms with E-state index in [1.165, 1.54) is 6.20 Å². The molecule has 0 aliphatic carbocycles. The van der Waals surface area contributed by atoms with Gasteiger partial charge in [0.25, 0.3) is 5.91 Å². The number of para-hydroxylation sites is 1. The molecule has 0 saturated carbocycles. The van der Waals surface area contributed by atoms with E-state index < -0.39 is 18.0 Å². The van der Waals surface area contributed by atoms with Crippen molar-refractivity contribution in [3.63, 3.8) is 0 Å². The van der Waals surface area contributed by atoms with Crippen LogP contribution in [0.2, 0.25) is 0 Å². The van der Waals surface area contributed by atoms with Crippen molar-refractivity contribution in [2.75, 3.05) is 5.32 Å². The van der Waals surface area contributed by atoms with Crippen LogP contribution in [-0.4, -0.2) is 37.3 Å². The summed E-state index contributed by atoms with van der Waals surface area (Å²) in [7, 11) is 1.80. The van der Waals surface area contributed by atoms with Crippen molar-refractivity contribution in [1.82, 2.24) is 19.3 Å². The van der Waals surface area contributed by atoms with Crippen molar-refractivity contribution in [3.8, 4) is 0 Å². The van der Waals surface area contributed by atoms with Gasteiger partial charge in [-0.15, -0.1) is 0 Å². The van der Waals surface area contributed by atoms with Gasteiger partial charge in [-0.2, -0.15) is 5.10 Å². The SMILES string of the molecule is CCn1c2ccccc2c2cc(NC(=O)C(C)OC(=O)c3cnc4c(c3)c(C)nn4C)ccc21. The lowest BCUT2D eigenvalue weighted by Crippen LogP contribution is -2.30. The second-order valence-corrected chi connectivity index (χ2v) is 8.33. The number of hydrogen-bond donors (Lipinski definition) is 1. The minimum Gasteiger partial charge on any atom is -0.449 e. The highest BCUT2D eigenvalue weighted by atomic mass is 16.5. The molecule has 3 aromatic heterocycles. The zero-order chi connectivity index (χ0) is 24.0. The third-order valence-corrected chi connectivity index (χ3v) is 6.11. The fourth-order valence-corrected chi connectivity index (χ4v) is 4.42. The van der Waals surface area contributed by atoms with Gasteiger partial charge in [-0.3, -0.25) is 9.48 Å². The molecular formula is C26H25N5O3. The van der Waals surface area contributed by atoms with Crippen LogP contribution < -0.4 is 5.32 Å². The molecule has 34 heavy (non-hydrogen) atoms. The van der Waals surface area contributed by atoms with Crippen LogP contribution in [0.1, 0.15) is 29.9 Å². The minimum atomic E-state index is -0.981. The van der Waals surface area contributed by atoms with Crippen LogP contribution in [0, 0.1) is 6.92 Å². The van der Waals surface area contributed by atoms with E-state index in [9.17, 15) is 9.59 Å². The number of benzene rings is 2. The lowest BCUT2D eigenvalue weighted by Gasteiger charge is -2.14. The van der Waals surface area contributed by atoms with E-state index in [2.05, 4.69) is 39.0 Å². The number of carbonyl (C=O) groups is 2. The third kappa shape index (κ3) is 3.57. The molecule has 0 aliphatic rings. The topological polar surface area (TPSA) is 91.0 Å². The maximum Gasteiger partial charge on any atom is 0.340 e. The molecule has 1 N–H and O–H groups in total. The Kier molecular flexibility index (Phi) is 5.28. The summed E-state index contributed by atoms with van der Waals surface area (Å²) < 4.78 is 9.33. The fraction of sp³-hybridized carbons (Fsp3) is 0.231. The zero-order valence-electron chi connectivity index (χ0n) is 19.5. The second kappa shape index (κ2) is 8.30. The summed E-state index contributed by atoms with van der Waals surface area (Å²) in [5, 5.41) is 10.1. The number of amides is 1. The summed E-state index contributed by atoms with van der Waals surface area (Å²) in [6, 6.07) is 15.7. The highest BCUT2D eigenvalue weighted by Crippen LogP contribution is 2.31. The molecule has 1 atom stereocenters. The average molecular weight is 456 g/mol. The maximum absolute atomic E-state index is 12.8. The molecule has 0 saturated heterocycles. The Morgan fingerprint density at radius 2 is 1.82 bits per heavy atom. The van der Waals surface area contributed by atoms with Gasteiger partial charge >= 0.3 is 5.97 Å². The van der Waals surface area contributed by atoms with E-state index in [1.54, 1.807) is 24.7 Å². The number of ether oxygens (including phenoxy) is 1. The van der Waals surface area contributed by atoms with Gasteiger partial charge in [0.1, 0.15) is 0 Å². The van der Waals surface area contributed by atoms with E-state index in [0.29, 0.717) is 11.3 Å². The normalized spacial score (nSPS) is 12.4. The predicted octanol–water partition coefficient (Wildman–Crippen LogP) is 4.59. The van der Waals surface area contributed by atoms with Crippen LogP contribution in [-0.2, 0) is 23.1 Å². The fourth-order valence-electron chi connectivity index (χ4n) is 4.42. The number of nitrogens with one attached hydrogen (secondary N) is 1. The Balaban J connectivity index is 1.34. The summed E-state index contributed by atoms with van der Waals surface area (Å²) >= 11 is 0. The van der Waals surface area contributed by atoms with Crippen LogP contribution in [0.4, 0.5) is 5.69 Å². The first kappa shape index (κ1) is 21.6. The first-order valence-electron chi connectivity index (χ1n) is 11.2. The van der Waals surface area contributed by atoms with Crippen molar-refractivity contribution in [1.29, 1.82) is 0 Å². The number of carbonyl (C=O) groups excluding carboxylic acids is 2. The zero-order valence-corrected chi connectivity index (χ0v) is 19.5. The number of aromatic nitrogens is 4. The molecular weight excluding hydrogens is 430 g/mol. The molecule has 172 valence electrons. The lowest BCUT2D eigenvalue weighted by atomic mass is 10.1. The van der Waals surface area contributed by atoms with Crippen molar-refractivity contribution < 1.29 is 14.3 Å². The van der Waals surface area contributed by atoms with Gasteiger partial charge < -0.3 is 14.6 Å². The number of hydrogen-bond acceptors (Lipinski definition) is 5. The molecule has 1 unspecified atom stereocenters. The molecule has 3 heterocycles. The van der Waals surface area contributed by atoms with Crippen molar-refractivity contribution in [3.05, 3.63) is 66.0 Å². The monoisotopic (exact) mass is 455 g/mol. The summed E-state index contributed by atoms with van der Waals surface area (Å²) in [4.78, 5) is 29.7. The Bertz CT molecular complexity index is 1580. The van der Waals surface area contributed by atoms with Gasteiger partial charge in [-0.25, -0.2) is 9.78 Å². The molecule has 0 aliphatic heterocycles. The van der Waals surface area contributed by atoms with Crippen LogP contribution >= 0.6 is 0 Å². The average Bonchev–Trinajstić information content (AvgIpc) is 3.31. The number of pyridine rings is 1. The van der Waals surface area contributed by atoms with Gasteiger partial charge in [-0.05, 0) is 51.1 Å². The van der Waals surface area contributed by atoms with Crippen LogP contribution in [0.5, 0.6) is 0 Å². The summed E-state index contributed by atoms with van der Waals surface area (Å²) in [6.45, 7) is 6.36. The number of esters is 1. The Morgan fingerprint density at radius 3 is 2.62 bits per heavy atom. The quantitative estimate of drug-likeness (QED) is 0.392. The molecule has 0 bridgehead atoms. The molecule has 2 aromatic carbocycles. The lowest BCUT2D eigenvalue weighted by molar-refractivity contribution is -0.123. The number of rotatable bonds is 5. The predicted molar refractivity (Wildman–Crippen MR) is 132 cm³/mol. The number of fused-ring (bicyclic) bond motifs is 4. The first-order chi connectivity index (χ1) is 16.4. The summed E-state index contributed by atoms with van der Waals surface area (Å²) in [6.07, 6.45) is 0.458. The van der Waals surface area contributed by atoms with Crippen LogP contribution in [0.3, 0.4) is 0 Å². The summed E-state index contributed by atoms with van der Waals surface area (Å²) in [5.74, 6) is -1.01. The van der Waals surface area contributed by atoms with E-state index in [0.717, 1.165) is 39.4 Å². The van der Waals surface area contributed by atoms with Gasteiger partial charge in [0, 0.05) is 52.7 Å². The van der Waals surface area contributed by atoms with Crippen LogP contribution in [0.15, 0.2) is 54.7 Å². The molecule has 0 radical (unpaired) electrons. The molecule has 0 fully saturated rings. The molecule has 8 heteroatoms. The van der Waals surface area contributed by atoms with E-state index in [1.807, 2.05) is 37.3 Å². The highest BCUT2D eigenvalue weighted by molar-refractivity contribution is 6.10. The van der Waals surface area contributed by atoms with E-state index in [4.69, 9.17) is 4.74 Å². The van der Waals surface area contributed by atoms with Crippen molar-refractivity contribution in [2.24, 2.45) is 7.05 Å². The second-order valence-electron chi connectivity index (χ2n) is 8.33. The molecule has 0 spiro atoms. The van der Waals surface area contributed by atoms with Gasteiger partial charge in [0.2, 0.25) is 0 Å². The van der Waals surface area contributed by atoms with Crippen LogP contribution in [0.25, 0.3) is 32.8 Å². The largest absolute Gasteiger partial charge is 0.449 e. The standard InChI is InChI=1S/C26H25N5O3/c1-5-31-22-9-7-6-8-19(22)21-13-18(10-11-23(21)31)28-25(32)16(3)34-26(33)17-12-20-15(2)29-30(4)24(20)27-14-17/h6-14,16H,5H2,1-4H3,(H,28,32). The van der Waals surface area contributed by atoms with Gasteiger partial charge in [-0.1, -0.05) is 18.2 Å². The molecule has 8 nitrogen and oxygen atoms in total. The van der Waals surface area contributed by atoms with E-state index >= 15 is 0 Å². The Labute approximate surface area is 196 Å². The number of nitrogens with zero attached hydrogens (tertiary/aromatic N) is 4. The third-order valence-electron chi connectivity index (χ3n) is 6.11. The molecule has 5 rings (SSSR count). The van der Waals surface area contributed by atoms with Gasteiger partial charge in [0.05, 0.1) is 11.3 Å². The highest BCUT2D eigenvalue weighted by Gasteiger charge is 2.21. The number of anilines is 1. The Hall–Kier alpha value is -4.20. The number of aryl methyl sites for hydroxylation is 3. The first-order valence-corrected chi connectivity index (χ1v) is 11.2. The molecule has 5 aromatic rings. The van der Waals surface area contributed by atoms with Gasteiger partial charge in [0.15, 0.2) is 11.8 Å². The van der Waals surface area contributed by atoms with Crippen molar-refractivity contribution >= 4 is 50.4 Å². The smallest absolute Gasteiger partial charge is 0.340 e. The molecule has 1 amide bonds. The van der Waals surface area contributed by atoms with E-state index in [-0.39, 0.29) is 5.56 Å². The van der Waals surface area contributed by atoms with Crippen molar-refractivity contribution in [2.45, 2.75) is 33.4 Å². The maximum atomic E-state index is 12.8. The summed E-state index contributed by atoms with van der Waals surface area (Å²) in [5.41, 5.74) is 4.63. The minimum absolute atomic E-state index is 0.275.